The number of phenols is 1. The molecular formula is C14H15N3O3. The monoisotopic (exact) mass is 273 g/mol. The van der Waals surface area contributed by atoms with Gasteiger partial charge in [-0.05, 0) is 24.1 Å². The van der Waals surface area contributed by atoms with Gasteiger partial charge in [0.25, 0.3) is 0 Å². The molecule has 2 atom stereocenters. The Kier molecular flexibility index (Phi) is 6.02. The molecule has 6 nitrogen and oxygen atoms in total. The van der Waals surface area contributed by atoms with E-state index >= 15 is 0 Å². The Balaban J connectivity index is 2.62. The number of hydrogen-bond donors (Lipinski definition) is 3. The van der Waals surface area contributed by atoms with Crippen molar-refractivity contribution in [3.8, 4) is 17.9 Å². The Morgan fingerprint density at radius 2 is 1.95 bits per heavy atom. The first kappa shape index (κ1) is 15.5. The Labute approximate surface area is 116 Å². The van der Waals surface area contributed by atoms with Crippen molar-refractivity contribution in [1.82, 2.24) is 5.32 Å². The summed E-state index contributed by atoms with van der Waals surface area (Å²) in [6.45, 7) is 0.152. The molecule has 2 unspecified atom stereocenters. The summed E-state index contributed by atoms with van der Waals surface area (Å²) < 4.78 is 0. The highest BCUT2D eigenvalue weighted by atomic mass is 16.4. The lowest BCUT2D eigenvalue weighted by molar-refractivity contribution is -0.139. The lowest BCUT2D eigenvalue weighted by Gasteiger charge is -2.15. The quantitative estimate of drug-likeness (QED) is 0.683. The number of carbonyl (C=O) groups is 1. The highest BCUT2D eigenvalue weighted by Crippen LogP contribution is 2.11. The normalized spacial score (nSPS) is 12.9. The van der Waals surface area contributed by atoms with E-state index in [4.69, 9.17) is 20.7 Å². The number of nitrogens with one attached hydrogen (secondary N) is 1. The fourth-order valence-corrected chi connectivity index (χ4v) is 1.67. The average Bonchev–Trinajstić information content (AvgIpc) is 2.43. The summed E-state index contributed by atoms with van der Waals surface area (Å²) in [7, 11) is 0. The van der Waals surface area contributed by atoms with Gasteiger partial charge < -0.3 is 15.5 Å². The molecule has 0 fully saturated rings. The number of nitriles is 2. The average molecular weight is 273 g/mol. The summed E-state index contributed by atoms with van der Waals surface area (Å²) in [5.74, 6) is -1.43. The summed E-state index contributed by atoms with van der Waals surface area (Å²) in [5.41, 5.74) is 0.761. The Morgan fingerprint density at radius 1 is 1.30 bits per heavy atom. The lowest BCUT2D eigenvalue weighted by atomic mass is 10.0. The van der Waals surface area contributed by atoms with Crippen molar-refractivity contribution in [2.24, 2.45) is 5.92 Å². The molecule has 0 heterocycles. The van der Waals surface area contributed by atoms with Crippen molar-refractivity contribution in [1.29, 1.82) is 10.5 Å². The fraction of sp³-hybridized carbons (Fsp3) is 0.357. The van der Waals surface area contributed by atoms with Crippen LogP contribution in [0.25, 0.3) is 0 Å². The molecule has 0 aliphatic carbocycles. The topological polar surface area (TPSA) is 117 Å². The van der Waals surface area contributed by atoms with Gasteiger partial charge in [0.05, 0.1) is 24.5 Å². The van der Waals surface area contributed by atoms with Crippen LogP contribution in [0.3, 0.4) is 0 Å². The smallest absolute Gasteiger partial charge is 0.321 e. The van der Waals surface area contributed by atoms with Crippen molar-refractivity contribution in [2.75, 3.05) is 6.54 Å². The van der Waals surface area contributed by atoms with E-state index in [2.05, 4.69) is 5.32 Å². The summed E-state index contributed by atoms with van der Waals surface area (Å²) in [5, 5.41) is 38.4. The first-order valence-corrected chi connectivity index (χ1v) is 6.07. The van der Waals surface area contributed by atoms with E-state index in [9.17, 15) is 4.79 Å². The highest BCUT2D eigenvalue weighted by molar-refractivity contribution is 5.73. The Hall–Kier alpha value is -2.57. The third kappa shape index (κ3) is 4.97. The van der Waals surface area contributed by atoms with Crippen molar-refractivity contribution >= 4 is 5.97 Å². The van der Waals surface area contributed by atoms with Crippen LogP contribution in [0.2, 0.25) is 0 Å². The number of aliphatic carboxylic acids is 1. The van der Waals surface area contributed by atoms with Crippen LogP contribution in [0.5, 0.6) is 5.75 Å². The maximum atomic E-state index is 11.2. The van der Waals surface area contributed by atoms with E-state index in [1.807, 2.05) is 12.1 Å². The van der Waals surface area contributed by atoms with Gasteiger partial charge in [0.2, 0.25) is 0 Å². The van der Waals surface area contributed by atoms with Gasteiger partial charge in [0.1, 0.15) is 11.8 Å². The van der Waals surface area contributed by atoms with Gasteiger partial charge in [-0.2, -0.15) is 10.5 Å². The zero-order chi connectivity index (χ0) is 15.0. The van der Waals surface area contributed by atoms with Crippen molar-refractivity contribution in [3.05, 3.63) is 29.8 Å². The number of nitrogens with zero attached hydrogens (tertiary/aromatic N) is 2. The van der Waals surface area contributed by atoms with Gasteiger partial charge in [-0.15, -0.1) is 0 Å². The number of rotatable bonds is 7. The number of phenolic OH excluding ortho intramolecular Hbond substituents is 1. The van der Waals surface area contributed by atoms with Crippen molar-refractivity contribution in [3.63, 3.8) is 0 Å². The summed E-state index contributed by atoms with van der Waals surface area (Å²) in [4.78, 5) is 11.2. The molecule has 6 heteroatoms. The highest BCUT2D eigenvalue weighted by Gasteiger charge is 2.19. The molecule has 0 bridgehead atoms. The molecule has 0 aliphatic rings. The van der Waals surface area contributed by atoms with Gasteiger partial charge in [0, 0.05) is 6.54 Å². The number of aromatic hydroxyl groups is 1. The van der Waals surface area contributed by atoms with Crippen LogP contribution in [0.4, 0.5) is 0 Å². The van der Waals surface area contributed by atoms with Gasteiger partial charge in [0.15, 0.2) is 0 Å². The molecule has 3 N–H and O–H groups in total. The van der Waals surface area contributed by atoms with Crippen LogP contribution in [-0.4, -0.2) is 28.8 Å². The largest absolute Gasteiger partial charge is 0.508 e. The maximum Gasteiger partial charge on any atom is 0.321 e. The van der Waals surface area contributed by atoms with Crippen molar-refractivity contribution < 1.29 is 15.0 Å². The maximum absolute atomic E-state index is 11.2. The first-order valence-electron chi connectivity index (χ1n) is 6.07. The number of carboxylic acids is 1. The molecule has 104 valence electrons. The molecule has 0 saturated heterocycles. The second kappa shape index (κ2) is 7.78. The van der Waals surface area contributed by atoms with E-state index in [-0.39, 0.29) is 25.1 Å². The van der Waals surface area contributed by atoms with Gasteiger partial charge in [-0.3, -0.25) is 4.79 Å². The zero-order valence-corrected chi connectivity index (χ0v) is 10.8. The molecule has 1 aromatic rings. The van der Waals surface area contributed by atoms with Gasteiger partial charge in [-0.1, -0.05) is 12.1 Å². The summed E-state index contributed by atoms with van der Waals surface area (Å²) in [6.07, 6.45) is 0.301. The molecule has 0 aliphatic heterocycles. The second-order valence-corrected chi connectivity index (χ2v) is 4.36. The SMILES string of the molecule is N#CCC(C#N)CNC(Cc1ccc(O)cc1)C(=O)O. The molecule has 0 radical (unpaired) electrons. The van der Waals surface area contributed by atoms with Crippen LogP contribution in [-0.2, 0) is 11.2 Å². The molecule has 0 amide bonds. The third-order valence-corrected chi connectivity index (χ3v) is 2.81. The minimum Gasteiger partial charge on any atom is -0.508 e. The zero-order valence-electron chi connectivity index (χ0n) is 10.8. The fourth-order valence-electron chi connectivity index (χ4n) is 1.67. The van der Waals surface area contributed by atoms with E-state index in [0.717, 1.165) is 5.56 Å². The second-order valence-electron chi connectivity index (χ2n) is 4.36. The van der Waals surface area contributed by atoms with E-state index in [1.54, 1.807) is 12.1 Å². The van der Waals surface area contributed by atoms with Crippen LogP contribution < -0.4 is 5.32 Å². The minimum atomic E-state index is -1.02. The van der Waals surface area contributed by atoms with Crippen LogP contribution >= 0.6 is 0 Å². The molecule has 20 heavy (non-hydrogen) atoms. The molecule has 1 rings (SSSR count). The predicted molar refractivity (Wildman–Crippen MR) is 70.6 cm³/mol. The predicted octanol–water partition coefficient (Wildman–Crippen LogP) is 1.03. The van der Waals surface area contributed by atoms with Crippen molar-refractivity contribution in [2.45, 2.75) is 18.9 Å². The molecule has 0 spiro atoms. The van der Waals surface area contributed by atoms with Crippen LogP contribution in [0.1, 0.15) is 12.0 Å². The lowest BCUT2D eigenvalue weighted by Crippen LogP contribution is -2.40. The van der Waals surface area contributed by atoms with Crippen LogP contribution in [0.15, 0.2) is 24.3 Å². The molecule has 0 aromatic heterocycles. The minimum absolute atomic E-state index is 0.0645. The standard InChI is InChI=1S/C14H15N3O3/c15-6-5-11(8-16)9-17-13(14(19)20)7-10-1-3-12(18)4-2-10/h1-4,11,13,17-18H,5,7,9H2,(H,19,20). The van der Waals surface area contributed by atoms with Crippen LogP contribution in [0, 0.1) is 28.6 Å². The van der Waals surface area contributed by atoms with Gasteiger partial charge >= 0.3 is 5.97 Å². The summed E-state index contributed by atoms with van der Waals surface area (Å²) in [6, 6.07) is 9.27. The van der Waals surface area contributed by atoms with E-state index < -0.39 is 17.9 Å². The van der Waals surface area contributed by atoms with E-state index in [0.29, 0.717) is 0 Å². The molecule has 1 aromatic carbocycles. The first-order chi connectivity index (χ1) is 9.56. The van der Waals surface area contributed by atoms with Gasteiger partial charge in [-0.25, -0.2) is 0 Å². The Morgan fingerprint density at radius 3 is 2.45 bits per heavy atom. The third-order valence-electron chi connectivity index (χ3n) is 2.81. The number of benzene rings is 1. The van der Waals surface area contributed by atoms with E-state index in [1.165, 1.54) is 12.1 Å². The number of hydrogen-bond acceptors (Lipinski definition) is 5. The molecule has 0 saturated carbocycles. The molecular weight excluding hydrogens is 258 g/mol. The Bertz CT molecular complexity index is 528. The number of carboxylic acid groups (broad SMARTS) is 1. The summed E-state index contributed by atoms with van der Waals surface area (Å²) >= 11 is 0.